The molecule has 0 saturated carbocycles. The molecule has 0 saturated heterocycles. The molecule has 0 atom stereocenters. The van der Waals surface area contributed by atoms with Crippen molar-refractivity contribution in [2.75, 3.05) is 18.6 Å². The molecule has 0 radical (unpaired) electrons. The van der Waals surface area contributed by atoms with Gasteiger partial charge in [-0.3, -0.25) is 0 Å². The van der Waals surface area contributed by atoms with Crippen LogP contribution in [-0.2, 0) is 42.0 Å². The Labute approximate surface area is 319 Å². The van der Waals surface area contributed by atoms with Gasteiger partial charge in [-0.05, 0) is 91.4 Å². The number of alkyl halides is 9. The summed E-state index contributed by atoms with van der Waals surface area (Å²) in [5, 5.41) is 21.3. The number of carboxylic acid groups (broad SMARTS) is 1. The number of aromatic nitrogens is 2. The van der Waals surface area contributed by atoms with Crippen LogP contribution in [0.2, 0.25) is 0 Å². The van der Waals surface area contributed by atoms with Gasteiger partial charge in [0.2, 0.25) is 5.95 Å². The van der Waals surface area contributed by atoms with E-state index in [0.29, 0.717) is 17.7 Å². The number of hydrogen-bond acceptors (Lipinski definition) is 8. The summed E-state index contributed by atoms with van der Waals surface area (Å²) in [6, 6.07) is 8.15. The molecule has 0 fully saturated rings. The predicted molar refractivity (Wildman–Crippen MR) is 167 cm³/mol. The van der Waals surface area contributed by atoms with Crippen molar-refractivity contribution in [1.29, 1.82) is 0 Å². The molecule has 53 heavy (non-hydrogen) atoms. The minimum atomic E-state index is -5.18. The van der Waals surface area contributed by atoms with E-state index in [9.17, 15) is 54.5 Å². The van der Waals surface area contributed by atoms with E-state index in [1.54, 1.807) is 6.07 Å². The number of nitrogens with zero attached hydrogens (tertiary/aromatic N) is 3. The van der Waals surface area contributed by atoms with Crippen molar-refractivity contribution in [2.45, 2.75) is 63.9 Å². The Balaban J connectivity index is 0.00000756. The van der Waals surface area contributed by atoms with Crippen LogP contribution in [-0.4, -0.2) is 34.8 Å². The van der Waals surface area contributed by atoms with E-state index < -0.39 is 65.4 Å². The fourth-order valence-corrected chi connectivity index (χ4v) is 5.15. The van der Waals surface area contributed by atoms with Gasteiger partial charge in [0.25, 0.3) is 0 Å². The molecule has 0 aliphatic carbocycles. The zero-order valence-electron chi connectivity index (χ0n) is 28.7. The summed E-state index contributed by atoms with van der Waals surface area (Å²) < 4.78 is 135. The first-order valence-corrected chi connectivity index (χ1v) is 15.4. The summed E-state index contributed by atoms with van der Waals surface area (Å²) in [6.07, 6.45) is -13.3. The summed E-state index contributed by atoms with van der Waals surface area (Å²) in [4.78, 5) is 20.0. The SMILES string of the molecule is COc1ccc(C(C)(C)O)cc1-c1ccc(C(F)(F)F)cc1CN(Cc1cc(C(F)(F)F)cc(C(F)(F)F)c1)c1ncc(OCCCC(=O)[O-])cn1.[Na+]. The van der Waals surface area contributed by atoms with Gasteiger partial charge in [0.15, 0.2) is 5.75 Å². The standard InChI is InChI=1S/C35H32F9N3O5.Na/c1-32(2,50)22-7-9-29(51-3)28(15-22)27-8-6-23(33(36,37)38)13-21(27)19-47(31-45-16-26(17-46-31)52-10-4-5-30(48)49)18-20-11-24(34(39,40)41)14-25(12-20)35(42,43)44;/h6-9,11-17,50H,4-5,10,18-19H2,1-3H3,(H,48,49);/q;+1/p-1. The molecule has 1 N–H and O–H groups in total. The van der Waals surface area contributed by atoms with Crippen molar-refractivity contribution in [3.05, 3.63) is 100 Å². The van der Waals surface area contributed by atoms with Gasteiger partial charge >= 0.3 is 48.1 Å². The van der Waals surface area contributed by atoms with Gasteiger partial charge in [-0.15, -0.1) is 0 Å². The second-order valence-corrected chi connectivity index (χ2v) is 12.2. The smallest absolute Gasteiger partial charge is 0.550 e. The molecule has 18 heteroatoms. The van der Waals surface area contributed by atoms with Crippen LogP contribution in [0.5, 0.6) is 11.5 Å². The average Bonchev–Trinajstić information content (AvgIpc) is 3.04. The third kappa shape index (κ3) is 11.7. The van der Waals surface area contributed by atoms with Gasteiger partial charge in [-0.2, -0.15) is 39.5 Å². The Morgan fingerprint density at radius 3 is 1.85 bits per heavy atom. The molecular formula is C35H31F9N3NaO5. The normalized spacial score (nSPS) is 12.2. The molecule has 0 aliphatic heterocycles. The number of aliphatic carboxylic acids is 1. The monoisotopic (exact) mass is 767 g/mol. The van der Waals surface area contributed by atoms with Crippen LogP contribution in [0.4, 0.5) is 45.5 Å². The summed E-state index contributed by atoms with van der Waals surface area (Å²) in [6.45, 7) is 1.54. The minimum absolute atomic E-state index is 0. The number of carboxylic acids is 1. The summed E-state index contributed by atoms with van der Waals surface area (Å²) >= 11 is 0. The zero-order valence-corrected chi connectivity index (χ0v) is 30.7. The molecule has 4 rings (SSSR count). The molecule has 0 bridgehead atoms. The van der Waals surface area contributed by atoms with E-state index >= 15 is 0 Å². The largest absolute Gasteiger partial charge is 1.00 e. The van der Waals surface area contributed by atoms with Crippen LogP contribution >= 0.6 is 0 Å². The number of anilines is 1. The summed E-state index contributed by atoms with van der Waals surface area (Å²) in [7, 11) is 1.31. The quantitative estimate of drug-likeness (QED) is 0.120. The second kappa shape index (κ2) is 17.0. The predicted octanol–water partition coefficient (Wildman–Crippen LogP) is 4.56. The zero-order chi connectivity index (χ0) is 38.6. The van der Waals surface area contributed by atoms with Crippen molar-refractivity contribution in [2.24, 2.45) is 0 Å². The van der Waals surface area contributed by atoms with E-state index in [1.807, 2.05) is 0 Å². The molecule has 0 spiro atoms. The van der Waals surface area contributed by atoms with Gasteiger partial charge in [-0.1, -0.05) is 12.1 Å². The molecule has 0 unspecified atom stereocenters. The third-order valence-corrected chi connectivity index (χ3v) is 7.70. The summed E-state index contributed by atoms with van der Waals surface area (Å²) in [5.74, 6) is -1.42. The maximum Gasteiger partial charge on any atom is 1.00 e. The molecule has 1 aromatic heterocycles. The van der Waals surface area contributed by atoms with Crippen LogP contribution in [0.3, 0.4) is 0 Å². The molecule has 8 nitrogen and oxygen atoms in total. The molecule has 4 aromatic rings. The van der Waals surface area contributed by atoms with Crippen molar-refractivity contribution < 1.29 is 93.6 Å². The van der Waals surface area contributed by atoms with Crippen molar-refractivity contribution in [3.8, 4) is 22.6 Å². The first-order valence-electron chi connectivity index (χ1n) is 15.4. The molecule has 3 aromatic carbocycles. The maximum atomic E-state index is 14.0. The van der Waals surface area contributed by atoms with Crippen LogP contribution in [0.1, 0.15) is 60.1 Å². The van der Waals surface area contributed by atoms with Crippen LogP contribution in [0.15, 0.2) is 67.0 Å². The maximum absolute atomic E-state index is 14.0. The number of carbonyl (C=O) groups excluding carboxylic acids is 1. The minimum Gasteiger partial charge on any atom is -0.550 e. The first kappa shape index (κ1) is 43.3. The van der Waals surface area contributed by atoms with Crippen molar-refractivity contribution in [1.82, 2.24) is 9.97 Å². The molecular weight excluding hydrogens is 736 g/mol. The van der Waals surface area contributed by atoms with Gasteiger partial charge < -0.3 is 29.4 Å². The number of ether oxygens (including phenoxy) is 2. The number of aliphatic hydroxyl groups is 1. The van der Waals surface area contributed by atoms with Crippen LogP contribution < -0.4 is 49.0 Å². The van der Waals surface area contributed by atoms with E-state index in [4.69, 9.17) is 9.47 Å². The first-order chi connectivity index (χ1) is 24.1. The molecule has 0 amide bonds. The third-order valence-electron chi connectivity index (χ3n) is 7.70. The number of methoxy groups -OCH3 is 1. The van der Waals surface area contributed by atoms with E-state index in [0.717, 1.165) is 35.5 Å². The van der Waals surface area contributed by atoms with Crippen LogP contribution in [0.25, 0.3) is 11.1 Å². The molecule has 280 valence electrons. The van der Waals surface area contributed by atoms with E-state index in [1.165, 1.54) is 33.1 Å². The van der Waals surface area contributed by atoms with Gasteiger partial charge in [0.1, 0.15) is 5.75 Å². The molecule has 1 heterocycles. The van der Waals surface area contributed by atoms with Crippen molar-refractivity contribution >= 4 is 11.9 Å². The number of carbonyl (C=O) groups is 1. The van der Waals surface area contributed by atoms with Gasteiger partial charge in [-0.25, -0.2) is 9.97 Å². The fourth-order valence-electron chi connectivity index (χ4n) is 5.15. The number of hydrogen-bond donors (Lipinski definition) is 1. The Kier molecular flexibility index (Phi) is 13.9. The average molecular weight is 768 g/mol. The summed E-state index contributed by atoms with van der Waals surface area (Å²) in [5.41, 5.74) is -5.62. The molecule has 0 aliphatic rings. The van der Waals surface area contributed by atoms with Gasteiger partial charge in [0, 0.05) is 24.6 Å². The Bertz CT molecular complexity index is 1850. The topological polar surface area (TPSA) is 108 Å². The number of rotatable bonds is 13. The van der Waals surface area contributed by atoms with Crippen molar-refractivity contribution in [3.63, 3.8) is 0 Å². The van der Waals surface area contributed by atoms with Gasteiger partial charge in [0.05, 0.1) is 48.4 Å². The number of halogens is 9. The Hall–Kier alpha value is -4.06. The Morgan fingerprint density at radius 1 is 0.774 bits per heavy atom. The van der Waals surface area contributed by atoms with Crippen LogP contribution in [0, 0.1) is 0 Å². The number of benzene rings is 3. The fraction of sp³-hybridized carbons (Fsp3) is 0.343. The Morgan fingerprint density at radius 2 is 1.34 bits per heavy atom. The second-order valence-electron chi connectivity index (χ2n) is 12.2. The van der Waals surface area contributed by atoms with E-state index in [2.05, 4.69) is 9.97 Å². The van der Waals surface area contributed by atoms with E-state index in [-0.39, 0.29) is 89.2 Å².